The van der Waals surface area contributed by atoms with Crippen LogP contribution in [-0.4, -0.2) is 42.4 Å². The third kappa shape index (κ3) is 3.99. The van der Waals surface area contributed by atoms with Crippen molar-refractivity contribution in [2.45, 2.75) is 6.92 Å². The first kappa shape index (κ1) is 19.4. The molecule has 0 bridgehead atoms. The Morgan fingerprint density at radius 2 is 1.93 bits per heavy atom. The molecule has 3 rings (SSSR count). The van der Waals surface area contributed by atoms with Gasteiger partial charge in [-0.3, -0.25) is 0 Å². The van der Waals surface area contributed by atoms with Crippen LogP contribution in [0, 0.1) is 4.77 Å². The average Bonchev–Trinajstić information content (AvgIpc) is 3.34. The van der Waals surface area contributed by atoms with Crippen LogP contribution in [0.25, 0.3) is 17.5 Å². The van der Waals surface area contributed by atoms with Crippen molar-refractivity contribution in [3.05, 3.63) is 46.6 Å². The molecule has 0 saturated carbocycles. The second-order valence-corrected chi connectivity index (χ2v) is 6.11. The fourth-order valence-corrected chi connectivity index (χ4v) is 2.76. The Labute approximate surface area is 167 Å². The molecule has 0 aliphatic heterocycles. The minimum Gasteiger partial charge on any atom is -0.493 e. The summed E-state index contributed by atoms with van der Waals surface area (Å²) >= 11 is 5.32. The lowest BCUT2D eigenvalue weighted by atomic mass is 10.1. The number of rotatable bonds is 7. The predicted molar refractivity (Wildman–Crippen MR) is 109 cm³/mol. The van der Waals surface area contributed by atoms with E-state index in [9.17, 15) is 0 Å². The van der Waals surface area contributed by atoms with Crippen LogP contribution < -0.4 is 14.2 Å². The van der Waals surface area contributed by atoms with E-state index < -0.39 is 0 Å². The van der Waals surface area contributed by atoms with Gasteiger partial charge in [0.1, 0.15) is 5.76 Å². The zero-order valence-corrected chi connectivity index (χ0v) is 16.7. The van der Waals surface area contributed by atoms with Gasteiger partial charge in [-0.1, -0.05) is 0 Å². The van der Waals surface area contributed by atoms with Crippen molar-refractivity contribution >= 4 is 24.5 Å². The van der Waals surface area contributed by atoms with Gasteiger partial charge in [-0.15, -0.1) is 0 Å². The molecular formula is C19H20N4O4S. The monoisotopic (exact) mass is 400 g/mol. The number of methoxy groups -OCH3 is 3. The van der Waals surface area contributed by atoms with Crippen LogP contribution in [0.15, 0.2) is 45.6 Å². The minimum absolute atomic E-state index is 0.353. The van der Waals surface area contributed by atoms with Crippen LogP contribution in [0.4, 0.5) is 0 Å². The number of nitrogens with zero attached hydrogens (tertiary/aromatic N) is 3. The molecule has 0 unspecified atom stereocenters. The molecular weight excluding hydrogens is 380 g/mol. The minimum atomic E-state index is 0.353. The largest absolute Gasteiger partial charge is 0.493 e. The summed E-state index contributed by atoms with van der Waals surface area (Å²) in [6.45, 7) is 1.91. The lowest BCUT2D eigenvalue weighted by molar-refractivity contribution is 0.324. The van der Waals surface area contributed by atoms with E-state index in [1.165, 1.54) is 4.68 Å². The van der Waals surface area contributed by atoms with Gasteiger partial charge < -0.3 is 18.6 Å². The summed E-state index contributed by atoms with van der Waals surface area (Å²) in [6, 6.07) is 7.25. The molecule has 0 aliphatic rings. The number of hydrogen-bond donors (Lipinski definition) is 1. The van der Waals surface area contributed by atoms with Crippen molar-refractivity contribution in [3.8, 4) is 28.6 Å². The second-order valence-electron chi connectivity index (χ2n) is 5.73. The molecule has 28 heavy (non-hydrogen) atoms. The number of aromatic amines is 1. The van der Waals surface area contributed by atoms with Crippen molar-refractivity contribution < 1.29 is 18.6 Å². The van der Waals surface area contributed by atoms with Gasteiger partial charge in [-0.05, 0) is 55.1 Å². The highest BCUT2D eigenvalue weighted by Crippen LogP contribution is 2.40. The summed E-state index contributed by atoms with van der Waals surface area (Å²) in [7, 11) is 4.66. The molecule has 8 nitrogen and oxygen atoms in total. The number of nitrogens with one attached hydrogen (secondary N) is 1. The Kier molecular flexibility index (Phi) is 5.95. The lowest BCUT2D eigenvalue weighted by Gasteiger charge is -2.13. The van der Waals surface area contributed by atoms with Gasteiger partial charge in [0, 0.05) is 5.56 Å². The van der Waals surface area contributed by atoms with Gasteiger partial charge in [-0.2, -0.15) is 14.9 Å². The molecule has 0 radical (unpaired) electrons. The highest BCUT2D eigenvalue weighted by Gasteiger charge is 2.17. The average molecular weight is 400 g/mol. The molecule has 0 aliphatic carbocycles. The SMILES string of the molecule is COc1cc(-c2n[nH]c(=S)n2/N=C\C(C)=C\c2ccco2)cc(OC)c1OC. The van der Waals surface area contributed by atoms with E-state index in [-0.39, 0.29) is 0 Å². The van der Waals surface area contributed by atoms with Crippen molar-refractivity contribution in [3.63, 3.8) is 0 Å². The van der Waals surface area contributed by atoms with E-state index in [0.717, 1.165) is 11.3 Å². The number of allylic oxidation sites excluding steroid dienone is 1. The van der Waals surface area contributed by atoms with E-state index in [1.807, 2.05) is 25.1 Å². The Hall–Kier alpha value is -3.33. The van der Waals surface area contributed by atoms with Crippen LogP contribution in [0.3, 0.4) is 0 Å². The Morgan fingerprint density at radius 1 is 1.21 bits per heavy atom. The summed E-state index contributed by atoms with van der Waals surface area (Å²) in [5.41, 5.74) is 1.58. The van der Waals surface area contributed by atoms with Gasteiger partial charge in [0.05, 0.1) is 33.8 Å². The maximum absolute atomic E-state index is 5.41. The maximum atomic E-state index is 5.41. The van der Waals surface area contributed by atoms with Gasteiger partial charge in [0.15, 0.2) is 17.3 Å². The molecule has 3 aromatic rings. The molecule has 1 aromatic carbocycles. The Bertz CT molecular complexity index is 1040. The maximum Gasteiger partial charge on any atom is 0.216 e. The zero-order valence-electron chi connectivity index (χ0n) is 15.9. The van der Waals surface area contributed by atoms with E-state index in [2.05, 4.69) is 15.3 Å². The Morgan fingerprint density at radius 3 is 2.50 bits per heavy atom. The fourth-order valence-electron chi connectivity index (χ4n) is 2.58. The summed E-state index contributed by atoms with van der Waals surface area (Å²) in [4.78, 5) is 0. The van der Waals surface area contributed by atoms with E-state index >= 15 is 0 Å². The molecule has 0 amide bonds. The van der Waals surface area contributed by atoms with Gasteiger partial charge in [0.2, 0.25) is 10.5 Å². The number of aromatic nitrogens is 3. The second kappa shape index (κ2) is 8.57. The third-order valence-corrected chi connectivity index (χ3v) is 4.13. The molecule has 0 fully saturated rings. The summed E-state index contributed by atoms with van der Waals surface area (Å²) < 4.78 is 23.4. The van der Waals surface area contributed by atoms with Crippen LogP contribution in [0.1, 0.15) is 12.7 Å². The molecule has 0 spiro atoms. The normalized spacial score (nSPS) is 11.8. The number of benzene rings is 1. The van der Waals surface area contributed by atoms with Crippen LogP contribution in [-0.2, 0) is 0 Å². The van der Waals surface area contributed by atoms with Crippen LogP contribution >= 0.6 is 12.2 Å². The Balaban J connectivity index is 2.02. The smallest absolute Gasteiger partial charge is 0.216 e. The summed E-state index contributed by atoms with van der Waals surface area (Å²) in [5, 5.41) is 11.5. The quantitative estimate of drug-likeness (QED) is 0.473. The first-order valence-electron chi connectivity index (χ1n) is 8.31. The lowest BCUT2D eigenvalue weighted by Crippen LogP contribution is -1.99. The number of H-pyrrole nitrogens is 1. The number of hydrogen-bond acceptors (Lipinski definition) is 7. The van der Waals surface area contributed by atoms with E-state index in [1.54, 1.807) is 45.9 Å². The molecule has 1 N–H and O–H groups in total. The topological polar surface area (TPSA) is 86.8 Å². The summed E-state index contributed by atoms with van der Waals surface area (Å²) in [6.07, 6.45) is 5.16. The summed E-state index contributed by atoms with van der Waals surface area (Å²) in [5.74, 6) is 2.76. The molecule has 146 valence electrons. The highest BCUT2D eigenvalue weighted by atomic mass is 32.1. The van der Waals surface area contributed by atoms with Crippen molar-refractivity contribution in [2.75, 3.05) is 21.3 Å². The standard InChI is InChI=1S/C19H20N4O4S/c1-12(8-14-6-5-7-27-14)11-20-23-18(21-22-19(23)28)13-9-15(24-2)17(26-4)16(10-13)25-3/h5-11H,1-4H3,(H,22,28)/b12-8+,20-11-. The van der Waals surface area contributed by atoms with E-state index in [4.69, 9.17) is 30.8 Å². The fraction of sp³-hybridized carbons (Fsp3) is 0.211. The van der Waals surface area contributed by atoms with Gasteiger partial charge in [0.25, 0.3) is 0 Å². The van der Waals surface area contributed by atoms with Gasteiger partial charge in [-0.25, -0.2) is 5.10 Å². The molecule has 0 saturated heterocycles. The first-order chi connectivity index (χ1) is 13.6. The highest BCUT2D eigenvalue weighted by molar-refractivity contribution is 7.71. The van der Waals surface area contributed by atoms with Crippen LogP contribution in [0.2, 0.25) is 0 Å². The number of ether oxygens (including phenoxy) is 3. The van der Waals surface area contributed by atoms with Crippen LogP contribution in [0.5, 0.6) is 17.2 Å². The zero-order chi connectivity index (χ0) is 20.1. The molecule has 2 heterocycles. The van der Waals surface area contributed by atoms with Gasteiger partial charge >= 0.3 is 0 Å². The molecule has 2 aromatic heterocycles. The molecule has 9 heteroatoms. The predicted octanol–water partition coefficient (Wildman–Crippen LogP) is 4.16. The molecule has 0 atom stereocenters. The number of furan rings is 1. The van der Waals surface area contributed by atoms with Crippen molar-refractivity contribution in [1.29, 1.82) is 0 Å². The first-order valence-corrected chi connectivity index (χ1v) is 8.72. The van der Waals surface area contributed by atoms with E-state index in [0.29, 0.717) is 33.4 Å². The van der Waals surface area contributed by atoms with Crippen molar-refractivity contribution in [2.24, 2.45) is 5.10 Å². The third-order valence-electron chi connectivity index (χ3n) is 3.86. The van der Waals surface area contributed by atoms with Crippen molar-refractivity contribution in [1.82, 2.24) is 14.9 Å².